The molecule has 0 bridgehead atoms. The predicted molar refractivity (Wildman–Crippen MR) is 102 cm³/mol. The van der Waals surface area contributed by atoms with E-state index in [1.807, 2.05) is 0 Å². The molecule has 3 rings (SSSR count). The van der Waals surface area contributed by atoms with Gasteiger partial charge in [0.2, 0.25) is 11.3 Å². The molecule has 1 aliphatic rings. The first-order chi connectivity index (χ1) is 13.0. The maximum Gasteiger partial charge on any atom is 0.275 e. The molecular formula is C19H21ClN4O3. The van der Waals surface area contributed by atoms with E-state index in [2.05, 4.69) is 10.4 Å². The Balaban J connectivity index is 1.73. The van der Waals surface area contributed by atoms with Crippen molar-refractivity contribution in [1.82, 2.24) is 20.0 Å². The molecular weight excluding hydrogens is 368 g/mol. The number of amides is 2. The second-order valence-electron chi connectivity index (χ2n) is 6.46. The minimum Gasteiger partial charge on any atom is -0.350 e. The third kappa shape index (κ3) is 4.36. The fraction of sp³-hybridized carbons (Fsp3) is 0.368. The third-order valence-electron chi connectivity index (χ3n) is 4.49. The van der Waals surface area contributed by atoms with E-state index in [4.69, 9.17) is 11.6 Å². The van der Waals surface area contributed by atoms with Gasteiger partial charge in [-0.15, -0.1) is 0 Å². The fourth-order valence-electron chi connectivity index (χ4n) is 3.06. The zero-order valence-corrected chi connectivity index (χ0v) is 15.8. The lowest BCUT2D eigenvalue weighted by atomic mass is 10.2. The number of likely N-dealkylation sites (tertiary alicyclic amines) is 1. The second-order valence-corrected chi connectivity index (χ2v) is 6.86. The van der Waals surface area contributed by atoms with Crippen LogP contribution in [0.1, 0.15) is 35.4 Å². The van der Waals surface area contributed by atoms with Crippen molar-refractivity contribution in [2.24, 2.45) is 0 Å². The summed E-state index contributed by atoms with van der Waals surface area (Å²) in [6.07, 6.45) is 2.25. The molecule has 1 aromatic carbocycles. The number of hydrogen-bond donors (Lipinski definition) is 1. The molecule has 0 radical (unpaired) electrons. The second kappa shape index (κ2) is 8.35. The van der Waals surface area contributed by atoms with Crippen LogP contribution < -0.4 is 10.7 Å². The van der Waals surface area contributed by atoms with Crippen LogP contribution in [0.4, 0.5) is 0 Å². The van der Waals surface area contributed by atoms with E-state index >= 15 is 0 Å². The normalized spacial score (nSPS) is 13.6. The summed E-state index contributed by atoms with van der Waals surface area (Å²) in [6.45, 7) is 3.42. The Hall–Kier alpha value is -2.67. The number of hydrogen-bond acceptors (Lipinski definition) is 4. The molecule has 0 saturated carbocycles. The number of nitrogens with one attached hydrogen (secondary N) is 1. The van der Waals surface area contributed by atoms with Crippen LogP contribution >= 0.6 is 11.6 Å². The lowest BCUT2D eigenvalue weighted by molar-refractivity contribution is -0.129. The Morgan fingerprint density at radius 1 is 1.22 bits per heavy atom. The molecule has 7 nitrogen and oxygen atoms in total. The van der Waals surface area contributed by atoms with E-state index in [0.29, 0.717) is 16.4 Å². The van der Waals surface area contributed by atoms with Crippen molar-refractivity contribution in [3.05, 3.63) is 57.0 Å². The number of nitrogens with zero attached hydrogens (tertiary/aromatic N) is 3. The SMILES string of the molecule is Cc1cc(=O)c(C(=O)NCCC(=O)N2CCCC2)nn1-c1ccccc1Cl. The topological polar surface area (TPSA) is 84.3 Å². The minimum atomic E-state index is -0.602. The van der Waals surface area contributed by atoms with Gasteiger partial charge >= 0.3 is 0 Å². The molecule has 2 heterocycles. The van der Waals surface area contributed by atoms with Gasteiger partial charge in [0.15, 0.2) is 5.69 Å². The van der Waals surface area contributed by atoms with E-state index < -0.39 is 11.3 Å². The van der Waals surface area contributed by atoms with Crippen molar-refractivity contribution in [2.45, 2.75) is 26.2 Å². The number of aryl methyl sites for hydroxylation is 1. The summed E-state index contributed by atoms with van der Waals surface area (Å²) in [7, 11) is 0. The van der Waals surface area contributed by atoms with Gasteiger partial charge in [0.25, 0.3) is 5.91 Å². The summed E-state index contributed by atoms with van der Waals surface area (Å²) >= 11 is 6.20. The van der Waals surface area contributed by atoms with Gasteiger partial charge in [0.05, 0.1) is 10.7 Å². The van der Waals surface area contributed by atoms with Gasteiger partial charge < -0.3 is 10.2 Å². The van der Waals surface area contributed by atoms with Crippen molar-refractivity contribution >= 4 is 23.4 Å². The van der Waals surface area contributed by atoms with Gasteiger partial charge in [-0.05, 0) is 31.9 Å². The van der Waals surface area contributed by atoms with Crippen molar-refractivity contribution in [1.29, 1.82) is 0 Å². The maximum absolute atomic E-state index is 12.4. The highest BCUT2D eigenvalue weighted by atomic mass is 35.5. The molecule has 2 aromatic rings. The number of benzene rings is 1. The first-order valence-electron chi connectivity index (χ1n) is 8.89. The molecule has 1 aromatic heterocycles. The minimum absolute atomic E-state index is 0.0122. The number of para-hydroxylation sites is 1. The predicted octanol–water partition coefficient (Wildman–Crippen LogP) is 1.94. The molecule has 0 spiro atoms. The van der Waals surface area contributed by atoms with Crippen molar-refractivity contribution in [3.63, 3.8) is 0 Å². The fourth-order valence-corrected chi connectivity index (χ4v) is 3.28. The molecule has 0 unspecified atom stereocenters. The Labute approximate surface area is 161 Å². The summed E-state index contributed by atoms with van der Waals surface area (Å²) in [5.41, 5.74) is 0.442. The number of rotatable bonds is 5. The number of halogens is 1. The summed E-state index contributed by atoms with van der Waals surface area (Å²) in [5, 5.41) is 7.26. The van der Waals surface area contributed by atoms with Gasteiger partial charge in [-0.2, -0.15) is 5.10 Å². The van der Waals surface area contributed by atoms with Crippen molar-refractivity contribution in [2.75, 3.05) is 19.6 Å². The molecule has 2 amide bonds. The largest absolute Gasteiger partial charge is 0.350 e. The molecule has 142 valence electrons. The molecule has 27 heavy (non-hydrogen) atoms. The lowest BCUT2D eigenvalue weighted by Gasteiger charge is -2.15. The van der Waals surface area contributed by atoms with E-state index in [-0.39, 0.29) is 24.6 Å². The van der Waals surface area contributed by atoms with Gasteiger partial charge in [0.1, 0.15) is 0 Å². The highest BCUT2D eigenvalue weighted by Crippen LogP contribution is 2.19. The molecule has 1 fully saturated rings. The molecule has 1 aliphatic heterocycles. The summed E-state index contributed by atoms with van der Waals surface area (Å²) in [5.74, 6) is -0.590. The van der Waals surface area contributed by atoms with E-state index in [9.17, 15) is 14.4 Å². The number of carbonyl (C=O) groups is 2. The Morgan fingerprint density at radius 3 is 2.63 bits per heavy atom. The summed E-state index contributed by atoms with van der Waals surface area (Å²) in [6, 6.07) is 8.39. The lowest BCUT2D eigenvalue weighted by Crippen LogP contribution is -2.35. The number of carbonyl (C=O) groups excluding carboxylic acids is 2. The zero-order chi connectivity index (χ0) is 19.4. The molecule has 0 aliphatic carbocycles. The van der Waals surface area contributed by atoms with Crippen LogP contribution in [-0.2, 0) is 4.79 Å². The monoisotopic (exact) mass is 388 g/mol. The smallest absolute Gasteiger partial charge is 0.275 e. The summed E-state index contributed by atoms with van der Waals surface area (Å²) < 4.78 is 1.47. The van der Waals surface area contributed by atoms with Gasteiger partial charge in [-0.25, -0.2) is 4.68 Å². The molecule has 0 atom stereocenters. The van der Waals surface area contributed by atoms with Gasteiger partial charge in [-0.3, -0.25) is 14.4 Å². The van der Waals surface area contributed by atoms with Gasteiger partial charge in [0, 0.05) is 37.8 Å². The van der Waals surface area contributed by atoms with E-state index in [0.717, 1.165) is 25.9 Å². The van der Waals surface area contributed by atoms with Crippen LogP contribution in [0.5, 0.6) is 0 Å². The van der Waals surface area contributed by atoms with Crippen LogP contribution in [0.25, 0.3) is 5.69 Å². The Kier molecular flexibility index (Phi) is 5.91. The average Bonchev–Trinajstić information content (AvgIpc) is 3.17. The number of aromatic nitrogens is 2. The van der Waals surface area contributed by atoms with E-state index in [1.54, 1.807) is 36.1 Å². The Morgan fingerprint density at radius 2 is 1.93 bits per heavy atom. The first kappa shape index (κ1) is 19.1. The van der Waals surface area contributed by atoms with Crippen molar-refractivity contribution < 1.29 is 9.59 Å². The quantitative estimate of drug-likeness (QED) is 0.848. The van der Waals surface area contributed by atoms with Gasteiger partial charge in [-0.1, -0.05) is 23.7 Å². The highest BCUT2D eigenvalue weighted by molar-refractivity contribution is 6.32. The standard InChI is InChI=1S/C19H21ClN4O3/c1-13-12-16(25)18(22-24(13)15-7-3-2-6-14(15)20)19(27)21-9-8-17(26)23-10-4-5-11-23/h2-3,6-7,12H,4-5,8-11H2,1H3,(H,21,27). The first-order valence-corrected chi connectivity index (χ1v) is 9.27. The van der Waals surface area contributed by atoms with Crippen LogP contribution in [0.2, 0.25) is 5.02 Å². The third-order valence-corrected chi connectivity index (χ3v) is 4.81. The zero-order valence-electron chi connectivity index (χ0n) is 15.1. The molecule has 8 heteroatoms. The van der Waals surface area contributed by atoms with Crippen LogP contribution in [0.15, 0.2) is 35.1 Å². The van der Waals surface area contributed by atoms with Crippen LogP contribution in [0.3, 0.4) is 0 Å². The van der Waals surface area contributed by atoms with Crippen molar-refractivity contribution in [3.8, 4) is 5.69 Å². The molecule has 1 saturated heterocycles. The van der Waals surface area contributed by atoms with E-state index in [1.165, 1.54) is 10.7 Å². The highest BCUT2D eigenvalue weighted by Gasteiger charge is 2.19. The van der Waals surface area contributed by atoms with Crippen LogP contribution in [-0.4, -0.2) is 46.1 Å². The van der Waals surface area contributed by atoms with Crippen LogP contribution in [0, 0.1) is 6.92 Å². The average molecular weight is 389 g/mol. The maximum atomic E-state index is 12.4. The summed E-state index contributed by atoms with van der Waals surface area (Å²) in [4.78, 5) is 38.4. The Bertz CT molecular complexity index is 919. The molecule has 1 N–H and O–H groups in total.